The smallest absolute Gasteiger partial charge is 0.407 e. The number of hydrogen-bond donors (Lipinski definition) is 1. The summed E-state index contributed by atoms with van der Waals surface area (Å²) in [7, 11) is 0. The van der Waals surface area contributed by atoms with Crippen LogP contribution in [0.25, 0.3) is 0 Å². The van der Waals surface area contributed by atoms with Crippen molar-refractivity contribution in [2.24, 2.45) is 0 Å². The number of rotatable bonds is 3. The Morgan fingerprint density at radius 3 is 2.58 bits per heavy atom. The first-order valence-corrected chi connectivity index (χ1v) is 8.19. The number of hydrogen-bond acceptors (Lipinski definition) is 3. The van der Waals surface area contributed by atoms with Gasteiger partial charge in [0.05, 0.1) is 18.8 Å². The normalized spacial score (nSPS) is 16.8. The molecular formula is C18H23N4O2+. The van der Waals surface area contributed by atoms with Gasteiger partial charge in [-0.2, -0.15) is 0 Å². The van der Waals surface area contributed by atoms with Crippen molar-refractivity contribution in [1.82, 2.24) is 19.4 Å². The second kappa shape index (κ2) is 6.57. The van der Waals surface area contributed by atoms with E-state index in [0.717, 1.165) is 29.3 Å². The van der Waals surface area contributed by atoms with Crippen LogP contribution < -0.4 is 4.48 Å². The van der Waals surface area contributed by atoms with Gasteiger partial charge in [0.1, 0.15) is 19.6 Å². The summed E-state index contributed by atoms with van der Waals surface area (Å²) in [5.41, 5.74) is 3.18. The van der Waals surface area contributed by atoms with Crippen LogP contribution in [0.2, 0.25) is 0 Å². The van der Waals surface area contributed by atoms with E-state index in [9.17, 15) is 9.90 Å². The molecule has 0 unspecified atom stereocenters. The highest BCUT2D eigenvalue weighted by Gasteiger charge is 2.38. The van der Waals surface area contributed by atoms with E-state index in [1.807, 2.05) is 37.4 Å². The lowest BCUT2D eigenvalue weighted by Gasteiger charge is -2.42. The van der Waals surface area contributed by atoms with E-state index >= 15 is 0 Å². The highest BCUT2D eigenvalue weighted by atomic mass is 16.4. The van der Waals surface area contributed by atoms with Crippen molar-refractivity contribution in [2.45, 2.75) is 20.4 Å². The molecule has 0 saturated carbocycles. The number of carbonyl (C=O) groups is 1. The number of aromatic nitrogens is 2. The van der Waals surface area contributed by atoms with Crippen molar-refractivity contribution in [3.05, 3.63) is 53.5 Å². The molecular weight excluding hydrogens is 304 g/mol. The van der Waals surface area contributed by atoms with E-state index in [0.29, 0.717) is 30.7 Å². The van der Waals surface area contributed by atoms with Crippen LogP contribution in [-0.4, -0.2) is 52.2 Å². The molecule has 24 heavy (non-hydrogen) atoms. The average molecular weight is 327 g/mol. The van der Waals surface area contributed by atoms with Crippen LogP contribution in [0.1, 0.15) is 17.0 Å². The Labute approximate surface area is 142 Å². The van der Waals surface area contributed by atoms with Crippen molar-refractivity contribution < 1.29 is 9.90 Å². The molecule has 1 N–H and O–H groups in total. The maximum Gasteiger partial charge on any atom is 0.407 e. The molecule has 6 nitrogen and oxygen atoms in total. The van der Waals surface area contributed by atoms with Crippen LogP contribution in [0, 0.1) is 13.8 Å². The third-order valence-electron chi connectivity index (χ3n) is 4.80. The van der Waals surface area contributed by atoms with Gasteiger partial charge in [-0.25, -0.2) is 9.78 Å². The topological polar surface area (TPSA) is 66.3 Å². The summed E-state index contributed by atoms with van der Waals surface area (Å²) in [5.74, 6) is 0.991. The first kappa shape index (κ1) is 16.4. The summed E-state index contributed by atoms with van der Waals surface area (Å²) in [6.07, 6.45) is 0.967. The summed E-state index contributed by atoms with van der Waals surface area (Å²) in [5, 5.41) is 9.25. The lowest BCUT2D eigenvalue weighted by atomic mass is 10.1. The molecule has 1 saturated heterocycles. The minimum atomic E-state index is -0.848. The predicted octanol–water partition coefficient (Wildman–Crippen LogP) is 2.59. The Bertz CT molecular complexity index is 739. The van der Waals surface area contributed by atoms with Gasteiger partial charge in [-0.05, 0) is 31.5 Å². The van der Waals surface area contributed by atoms with Gasteiger partial charge in [0.2, 0.25) is 5.82 Å². The Morgan fingerprint density at radius 1 is 1.21 bits per heavy atom. The quantitative estimate of drug-likeness (QED) is 0.880. The molecule has 2 aromatic rings. The van der Waals surface area contributed by atoms with Gasteiger partial charge in [-0.1, -0.05) is 12.1 Å². The molecule has 1 aliphatic heterocycles. The van der Waals surface area contributed by atoms with E-state index in [1.54, 1.807) is 0 Å². The van der Waals surface area contributed by atoms with E-state index in [2.05, 4.69) is 18.0 Å². The van der Waals surface area contributed by atoms with Crippen molar-refractivity contribution in [3.8, 4) is 0 Å². The van der Waals surface area contributed by atoms with Gasteiger partial charge >= 0.3 is 6.09 Å². The number of pyridine rings is 2. The molecule has 126 valence electrons. The number of aryl methyl sites for hydroxylation is 2. The van der Waals surface area contributed by atoms with E-state index in [-0.39, 0.29) is 0 Å². The van der Waals surface area contributed by atoms with Gasteiger partial charge in [0.25, 0.3) is 0 Å². The molecule has 3 rings (SSSR count). The highest BCUT2D eigenvalue weighted by Crippen LogP contribution is 2.27. The third-order valence-corrected chi connectivity index (χ3v) is 4.80. The van der Waals surface area contributed by atoms with Crippen LogP contribution in [-0.2, 0) is 6.54 Å². The molecule has 3 heterocycles. The molecule has 1 amide bonds. The molecule has 0 aromatic carbocycles. The van der Waals surface area contributed by atoms with Gasteiger partial charge in [-0.15, -0.1) is 0 Å². The Balaban J connectivity index is 1.96. The number of quaternary nitrogens is 1. The van der Waals surface area contributed by atoms with Gasteiger partial charge in [-0.3, -0.25) is 14.4 Å². The maximum atomic E-state index is 11.3. The molecule has 0 aliphatic carbocycles. The zero-order valence-corrected chi connectivity index (χ0v) is 14.1. The summed E-state index contributed by atoms with van der Waals surface area (Å²) < 4.78 is 0.642. The standard InChI is InChI=1S/C18H22N4O2/c1-14-5-4-8-19-16(14)13-22(17-7-3-6-15(2)20-17)11-9-21(10-12-22)18(23)24/h3-8H,9-13H2,1-2H3/p+1. The third kappa shape index (κ3) is 3.23. The van der Waals surface area contributed by atoms with Crippen LogP contribution >= 0.6 is 0 Å². The summed E-state index contributed by atoms with van der Waals surface area (Å²) in [6.45, 7) is 7.22. The van der Waals surface area contributed by atoms with Gasteiger partial charge in [0, 0.05) is 18.0 Å². The summed E-state index contributed by atoms with van der Waals surface area (Å²) in [4.78, 5) is 22.0. The molecule has 0 bridgehead atoms. The number of nitrogens with zero attached hydrogens (tertiary/aromatic N) is 4. The Morgan fingerprint density at radius 2 is 1.96 bits per heavy atom. The lowest BCUT2D eigenvalue weighted by Crippen LogP contribution is -2.61. The first-order chi connectivity index (χ1) is 11.5. The van der Waals surface area contributed by atoms with Crippen molar-refractivity contribution >= 4 is 11.9 Å². The Kier molecular flexibility index (Phi) is 4.49. The van der Waals surface area contributed by atoms with Crippen LogP contribution in [0.4, 0.5) is 10.6 Å². The van der Waals surface area contributed by atoms with Gasteiger partial charge in [0.15, 0.2) is 0 Å². The fourth-order valence-corrected chi connectivity index (χ4v) is 3.27. The van der Waals surface area contributed by atoms with Crippen molar-refractivity contribution in [3.63, 3.8) is 0 Å². The minimum absolute atomic E-state index is 0.511. The lowest BCUT2D eigenvalue weighted by molar-refractivity contribution is 0.102. The highest BCUT2D eigenvalue weighted by molar-refractivity contribution is 5.65. The molecule has 2 aromatic heterocycles. The second-order valence-electron chi connectivity index (χ2n) is 6.42. The van der Waals surface area contributed by atoms with E-state index in [1.165, 1.54) is 4.90 Å². The fraction of sp³-hybridized carbons (Fsp3) is 0.389. The first-order valence-electron chi connectivity index (χ1n) is 8.19. The van der Waals surface area contributed by atoms with Crippen molar-refractivity contribution in [1.29, 1.82) is 0 Å². The number of carboxylic acid groups (broad SMARTS) is 1. The van der Waals surface area contributed by atoms with Crippen LogP contribution in [0.15, 0.2) is 36.5 Å². The molecule has 1 fully saturated rings. The largest absolute Gasteiger partial charge is 0.465 e. The zero-order chi connectivity index (χ0) is 17.2. The molecule has 6 heteroatoms. The minimum Gasteiger partial charge on any atom is -0.465 e. The maximum absolute atomic E-state index is 11.3. The summed E-state index contributed by atoms with van der Waals surface area (Å²) in [6, 6.07) is 10.1. The van der Waals surface area contributed by atoms with E-state index < -0.39 is 6.09 Å². The zero-order valence-electron chi connectivity index (χ0n) is 14.1. The van der Waals surface area contributed by atoms with Crippen LogP contribution in [0.3, 0.4) is 0 Å². The molecule has 1 aliphatic rings. The van der Waals surface area contributed by atoms with Crippen molar-refractivity contribution in [2.75, 3.05) is 26.2 Å². The number of amides is 1. The van der Waals surface area contributed by atoms with Gasteiger partial charge < -0.3 is 5.11 Å². The summed E-state index contributed by atoms with van der Waals surface area (Å²) >= 11 is 0. The SMILES string of the molecule is Cc1cccc([N+]2(Cc3ncccc3C)CCN(C(=O)O)CC2)n1. The Hall–Kier alpha value is -2.47. The average Bonchev–Trinajstić information content (AvgIpc) is 2.57. The molecule has 0 atom stereocenters. The van der Waals surface area contributed by atoms with Crippen LogP contribution in [0.5, 0.6) is 0 Å². The monoisotopic (exact) mass is 327 g/mol. The predicted molar refractivity (Wildman–Crippen MR) is 92.8 cm³/mol. The van der Waals surface area contributed by atoms with E-state index in [4.69, 9.17) is 4.98 Å². The molecule has 0 spiro atoms. The fourth-order valence-electron chi connectivity index (χ4n) is 3.27. The number of piperazine rings is 1. The molecule has 0 radical (unpaired) electrons. The second-order valence-corrected chi connectivity index (χ2v) is 6.42.